The van der Waals surface area contributed by atoms with Gasteiger partial charge in [0.2, 0.25) is 0 Å². The highest BCUT2D eigenvalue weighted by atomic mass is 16.6. The van der Waals surface area contributed by atoms with E-state index in [1.54, 1.807) is 6.07 Å². The molecule has 0 aliphatic carbocycles. The lowest BCUT2D eigenvalue weighted by Gasteiger charge is -2.14. The third-order valence-electron chi connectivity index (χ3n) is 3.37. The first-order chi connectivity index (χ1) is 11.0. The molecule has 1 aromatic rings. The maximum atomic E-state index is 11.8. The Kier molecular flexibility index (Phi) is 7.87. The number of carbonyl (C=O) groups excluding carboxylic acids is 1. The average molecular weight is 324 g/mol. The van der Waals surface area contributed by atoms with E-state index >= 15 is 0 Å². The Balaban J connectivity index is 2.54. The van der Waals surface area contributed by atoms with E-state index in [1.165, 1.54) is 19.2 Å². The maximum Gasteiger partial charge on any atom is 0.314 e. The topological polar surface area (TPSA) is 90.7 Å². The fourth-order valence-electron chi connectivity index (χ4n) is 2.12. The van der Waals surface area contributed by atoms with Crippen LogP contribution in [0.3, 0.4) is 0 Å². The molecule has 1 N–H and O–H groups in total. The SMILES string of the molecule is CCCCC[C@@H](C)NC(=O)COc1ccc(OC)cc1[N+](=O)[O-]. The lowest BCUT2D eigenvalue weighted by Crippen LogP contribution is -2.36. The number of carbonyl (C=O) groups is 1. The molecule has 0 radical (unpaired) electrons. The van der Waals surface area contributed by atoms with E-state index in [-0.39, 0.29) is 30.0 Å². The summed E-state index contributed by atoms with van der Waals surface area (Å²) in [6.07, 6.45) is 4.23. The molecule has 0 heterocycles. The zero-order valence-corrected chi connectivity index (χ0v) is 13.8. The van der Waals surface area contributed by atoms with Crippen LogP contribution in [0.5, 0.6) is 11.5 Å². The van der Waals surface area contributed by atoms with Gasteiger partial charge < -0.3 is 14.8 Å². The second-order valence-electron chi connectivity index (χ2n) is 5.34. The Bertz CT molecular complexity index is 533. The van der Waals surface area contributed by atoms with E-state index in [2.05, 4.69) is 12.2 Å². The van der Waals surface area contributed by atoms with Gasteiger partial charge in [0, 0.05) is 6.04 Å². The van der Waals surface area contributed by atoms with Gasteiger partial charge >= 0.3 is 5.69 Å². The molecule has 0 saturated heterocycles. The Morgan fingerprint density at radius 1 is 1.39 bits per heavy atom. The minimum Gasteiger partial charge on any atom is -0.496 e. The second kappa shape index (κ2) is 9.66. The molecule has 0 unspecified atom stereocenters. The number of nitro groups is 1. The van der Waals surface area contributed by atoms with Crippen molar-refractivity contribution < 1.29 is 19.2 Å². The summed E-state index contributed by atoms with van der Waals surface area (Å²) in [6, 6.07) is 4.30. The van der Waals surface area contributed by atoms with Gasteiger partial charge in [-0.15, -0.1) is 0 Å². The van der Waals surface area contributed by atoms with Crippen molar-refractivity contribution in [2.24, 2.45) is 0 Å². The molecule has 0 fully saturated rings. The molecule has 0 aliphatic heterocycles. The summed E-state index contributed by atoms with van der Waals surface area (Å²) in [6.45, 7) is 3.80. The number of ether oxygens (including phenoxy) is 2. The fraction of sp³-hybridized carbons (Fsp3) is 0.562. The van der Waals surface area contributed by atoms with Crippen molar-refractivity contribution in [1.82, 2.24) is 5.32 Å². The van der Waals surface area contributed by atoms with Gasteiger partial charge in [-0.1, -0.05) is 26.2 Å². The normalized spacial score (nSPS) is 11.6. The molecule has 0 aliphatic rings. The lowest BCUT2D eigenvalue weighted by molar-refractivity contribution is -0.385. The summed E-state index contributed by atoms with van der Waals surface area (Å²) >= 11 is 0. The Morgan fingerprint density at radius 3 is 2.74 bits per heavy atom. The van der Waals surface area contributed by atoms with Crippen LogP contribution in [0.2, 0.25) is 0 Å². The van der Waals surface area contributed by atoms with Crippen molar-refractivity contribution >= 4 is 11.6 Å². The predicted molar refractivity (Wildman–Crippen MR) is 86.9 cm³/mol. The number of benzene rings is 1. The van der Waals surface area contributed by atoms with Gasteiger partial charge in [0.15, 0.2) is 12.4 Å². The van der Waals surface area contributed by atoms with Crippen LogP contribution in [0.4, 0.5) is 5.69 Å². The van der Waals surface area contributed by atoms with Crippen molar-refractivity contribution in [1.29, 1.82) is 0 Å². The summed E-state index contributed by atoms with van der Waals surface area (Å²) in [5, 5.41) is 13.9. The van der Waals surface area contributed by atoms with Crippen LogP contribution in [-0.2, 0) is 4.79 Å². The molecule has 7 nitrogen and oxygen atoms in total. The molecule has 0 aromatic heterocycles. The van der Waals surface area contributed by atoms with E-state index in [0.717, 1.165) is 25.7 Å². The van der Waals surface area contributed by atoms with Crippen LogP contribution in [0, 0.1) is 10.1 Å². The number of nitrogens with zero attached hydrogens (tertiary/aromatic N) is 1. The lowest BCUT2D eigenvalue weighted by atomic mass is 10.1. The summed E-state index contributed by atoms with van der Waals surface area (Å²) in [5.41, 5.74) is -0.229. The third-order valence-corrected chi connectivity index (χ3v) is 3.37. The molecule has 0 saturated carbocycles. The summed E-state index contributed by atoms with van der Waals surface area (Å²) in [5.74, 6) is 0.113. The van der Waals surface area contributed by atoms with E-state index < -0.39 is 4.92 Å². The van der Waals surface area contributed by atoms with Crippen molar-refractivity contribution in [3.63, 3.8) is 0 Å². The first-order valence-corrected chi connectivity index (χ1v) is 7.72. The molecule has 1 aromatic carbocycles. The van der Waals surface area contributed by atoms with Gasteiger partial charge in [-0.25, -0.2) is 0 Å². The molecule has 1 rings (SSSR count). The van der Waals surface area contributed by atoms with Gasteiger partial charge in [-0.2, -0.15) is 0 Å². The Morgan fingerprint density at radius 2 is 2.13 bits per heavy atom. The van der Waals surface area contributed by atoms with Crippen LogP contribution in [-0.4, -0.2) is 30.6 Å². The third kappa shape index (κ3) is 6.54. The average Bonchev–Trinajstić information content (AvgIpc) is 2.52. The highest BCUT2D eigenvalue weighted by Crippen LogP contribution is 2.30. The highest BCUT2D eigenvalue weighted by Gasteiger charge is 2.18. The van der Waals surface area contributed by atoms with Gasteiger partial charge in [0.1, 0.15) is 5.75 Å². The maximum absolute atomic E-state index is 11.8. The largest absolute Gasteiger partial charge is 0.496 e. The molecule has 128 valence electrons. The van der Waals surface area contributed by atoms with Crippen molar-refractivity contribution in [2.75, 3.05) is 13.7 Å². The molecule has 0 spiro atoms. The monoisotopic (exact) mass is 324 g/mol. The van der Waals surface area contributed by atoms with Gasteiger partial charge in [-0.3, -0.25) is 14.9 Å². The van der Waals surface area contributed by atoms with E-state index in [0.29, 0.717) is 5.75 Å². The van der Waals surface area contributed by atoms with Crippen LogP contribution in [0.15, 0.2) is 18.2 Å². The van der Waals surface area contributed by atoms with E-state index in [4.69, 9.17) is 9.47 Å². The second-order valence-corrected chi connectivity index (χ2v) is 5.34. The minimum atomic E-state index is -0.566. The number of unbranched alkanes of at least 4 members (excludes halogenated alkanes) is 2. The number of hydrogen-bond donors (Lipinski definition) is 1. The van der Waals surface area contributed by atoms with Gasteiger partial charge in [0.25, 0.3) is 5.91 Å². The van der Waals surface area contributed by atoms with Crippen molar-refractivity contribution in [2.45, 2.75) is 45.6 Å². The van der Waals surface area contributed by atoms with Crippen molar-refractivity contribution in [3.8, 4) is 11.5 Å². The number of methoxy groups -OCH3 is 1. The van der Waals surface area contributed by atoms with E-state index in [9.17, 15) is 14.9 Å². The molecule has 0 bridgehead atoms. The number of nitrogens with one attached hydrogen (secondary N) is 1. The van der Waals surface area contributed by atoms with Gasteiger partial charge in [-0.05, 0) is 25.5 Å². The molecule has 23 heavy (non-hydrogen) atoms. The predicted octanol–water partition coefficient (Wildman–Crippen LogP) is 3.07. The molecule has 7 heteroatoms. The summed E-state index contributed by atoms with van der Waals surface area (Å²) in [7, 11) is 1.42. The fourth-order valence-corrected chi connectivity index (χ4v) is 2.12. The smallest absolute Gasteiger partial charge is 0.314 e. The quantitative estimate of drug-likeness (QED) is 0.406. The van der Waals surface area contributed by atoms with Crippen LogP contribution >= 0.6 is 0 Å². The number of nitro benzene ring substituents is 1. The summed E-state index contributed by atoms with van der Waals surface area (Å²) < 4.78 is 10.2. The molecule has 1 amide bonds. The molecule has 1 atom stereocenters. The van der Waals surface area contributed by atoms with Crippen LogP contribution in [0.1, 0.15) is 39.5 Å². The van der Waals surface area contributed by atoms with Crippen LogP contribution < -0.4 is 14.8 Å². The molecular weight excluding hydrogens is 300 g/mol. The number of rotatable bonds is 10. The number of hydrogen-bond acceptors (Lipinski definition) is 5. The highest BCUT2D eigenvalue weighted by molar-refractivity contribution is 5.78. The van der Waals surface area contributed by atoms with Crippen molar-refractivity contribution in [3.05, 3.63) is 28.3 Å². The van der Waals surface area contributed by atoms with Gasteiger partial charge in [0.05, 0.1) is 18.1 Å². The summed E-state index contributed by atoms with van der Waals surface area (Å²) in [4.78, 5) is 22.3. The molecular formula is C16H24N2O5. The zero-order chi connectivity index (χ0) is 17.2. The van der Waals surface area contributed by atoms with Crippen LogP contribution in [0.25, 0.3) is 0 Å². The Labute approximate surface area is 136 Å². The number of amides is 1. The zero-order valence-electron chi connectivity index (χ0n) is 13.8. The standard InChI is InChI=1S/C16H24N2O5/c1-4-5-6-7-12(2)17-16(19)11-23-15-9-8-13(22-3)10-14(15)18(20)21/h8-10,12H,4-7,11H2,1-3H3,(H,17,19)/t12-/m1/s1. The first-order valence-electron chi connectivity index (χ1n) is 7.72. The Hall–Kier alpha value is -2.31. The van der Waals surface area contributed by atoms with E-state index in [1.807, 2.05) is 6.92 Å². The minimum absolute atomic E-state index is 0.0459. The first kappa shape index (κ1) is 18.7.